The van der Waals surface area contributed by atoms with Gasteiger partial charge in [-0.3, -0.25) is 0 Å². The molecular weight excluding hydrogens is 206 g/mol. The number of fused-ring (bicyclic) bond motifs is 1. The smallest absolute Gasteiger partial charge is 0.143 e. The lowest BCUT2D eigenvalue weighted by atomic mass is 10.1. The molecule has 2 heterocycles. The minimum absolute atomic E-state index is 0.145. The molecule has 2 aromatic rings. The van der Waals surface area contributed by atoms with Gasteiger partial charge in [0.2, 0.25) is 0 Å². The molecule has 0 saturated carbocycles. The third-order valence-electron chi connectivity index (χ3n) is 2.55. The molecule has 1 aromatic heterocycles. The van der Waals surface area contributed by atoms with E-state index in [0.717, 1.165) is 18.0 Å². The molecule has 76 valence electrons. The van der Waals surface area contributed by atoms with Gasteiger partial charge in [0, 0.05) is 5.56 Å². The van der Waals surface area contributed by atoms with Gasteiger partial charge in [-0.15, -0.1) is 0 Å². The van der Waals surface area contributed by atoms with Gasteiger partial charge in [0.25, 0.3) is 0 Å². The van der Waals surface area contributed by atoms with Crippen molar-refractivity contribution in [2.45, 2.75) is 6.10 Å². The maximum Gasteiger partial charge on any atom is 0.143 e. The topological polar surface area (TPSA) is 21.3 Å². The summed E-state index contributed by atoms with van der Waals surface area (Å²) in [4.78, 5) is 0. The standard InChI is InChI=1S/C12H11NOS/c1-2-4-11-10(3-1)13-7-12(14-11)9-5-6-15-8-9/h1-6,8,12-13H,7H2. The SMILES string of the molecule is c1ccc2c(c1)NCC(c1ccsc1)O2. The fourth-order valence-electron chi connectivity index (χ4n) is 1.76. The molecule has 1 aliphatic heterocycles. The maximum atomic E-state index is 5.92. The summed E-state index contributed by atoms with van der Waals surface area (Å²) in [5, 5.41) is 7.60. The van der Waals surface area contributed by atoms with E-state index in [1.807, 2.05) is 24.3 Å². The molecule has 1 aliphatic rings. The number of benzene rings is 1. The molecule has 2 nitrogen and oxygen atoms in total. The molecule has 0 bridgehead atoms. The Hall–Kier alpha value is -1.48. The Labute approximate surface area is 92.5 Å². The van der Waals surface area contributed by atoms with E-state index in [1.165, 1.54) is 5.56 Å². The van der Waals surface area contributed by atoms with E-state index in [0.29, 0.717) is 0 Å². The van der Waals surface area contributed by atoms with Crippen LogP contribution in [0.1, 0.15) is 11.7 Å². The van der Waals surface area contributed by atoms with Gasteiger partial charge in [-0.2, -0.15) is 11.3 Å². The molecule has 3 heteroatoms. The van der Waals surface area contributed by atoms with Crippen molar-refractivity contribution in [2.24, 2.45) is 0 Å². The van der Waals surface area contributed by atoms with E-state index >= 15 is 0 Å². The molecule has 1 atom stereocenters. The summed E-state index contributed by atoms with van der Waals surface area (Å²) < 4.78 is 5.92. The summed E-state index contributed by atoms with van der Waals surface area (Å²) in [7, 11) is 0. The van der Waals surface area contributed by atoms with Gasteiger partial charge < -0.3 is 10.1 Å². The predicted molar refractivity (Wildman–Crippen MR) is 62.6 cm³/mol. The highest BCUT2D eigenvalue weighted by atomic mass is 32.1. The lowest BCUT2D eigenvalue weighted by Gasteiger charge is -2.26. The Kier molecular flexibility index (Phi) is 2.10. The molecule has 0 radical (unpaired) electrons. The van der Waals surface area contributed by atoms with Gasteiger partial charge in [-0.05, 0) is 29.0 Å². The van der Waals surface area contributed by atoms with E-state index in [-0.39, 0.29) is 6.10 Å². The predicted octanol–water partition coefficient (Wildman–Crippen LogP) is 3.29. The number of rotatable bonds is 1. The third-order valence-corrected chi connectivity index (χ3v) is 3.25. The number of thiophene rings is 1. The summed E-state index contributed by atoms with van der Waals surface area (Å²) in [6.07, 6.45) is 0.145. The van der Waals surface area contributed by atoms with Crippen molar-refractivity contribution < 1.29 is 4.74 Å². The Morgan fingerprint density at radius 3 is 3.07 bits per heavy atom. The highest BCUT2D eigenvalue weighted by Gasteiger charge is 2.20. The van der Waals surface area contributed by atoms with Crippen LogP contribution in [0.5, 0.6) is 5.75 Å². The summed E-state index contributed by atoms with van der Waals surface area (Å²) >= 11 is 1.71. The van der Waals surface area contributed by atoms with Crippen LogP contribution in [0.4, 0.5) is 5.69 Å². The van der Waals surface area contributed by atoms with E-state index in [4.69, 9.17) is 4.74 Å². The van der Waals surface area contributed by atoms with Crippen molar-refractivity contribution in [3.63, 3.8) is 0 Å². The van der Waals surface area contributed by atoms with Crippen LogP contribution in [-0.4, -0.2) is 6.54 Å². The minimum Gasteiger partial charge on any atom is -0.482 e. The zero-order chi connectivity index (χ0) is 10.1. The van der Waals surface area contributed by atoms with Crippen LogP contribution in [0.25, 0.3) is 0 Å². The van der Waals surface area contributed by atoms with Gasteiger partial charge in [0.05, 0.1) is 12.2 Å². The summed E-state index contributed by atoms with van der Waals surface area (Å²) in [6.45, 7) is 0.841. The van der Waals surface area contributed by atoms with E-state index in [1.54, 1.807) is 11.3 Å². The molecule has 15 heavy (non-hydrogen) atoms. The van der Waals surface area contributed by atoms with Gasteiger partial charge in [-0.1, -0.05) is 12.1 Å². The fraction of sp³-hybridized carbons (Fsp3) is 0.167. The molecule has 1 N–H and O–H groups in total. The molecule has 0 fully saturated rings. The Morgan fingerprint density at radius 1 is 1.27 bits per heavy atom. The number of hydrogen-bond acceptors (Lipinski definition) is 3. The van der Waals surface area contributed by atoms with Crippen LogP contribution in [0.2, 0.25) is 0 Å². The lowest BCUT2D eigenvalue weighted by molar-refractivity contribution is 0.211. The highest BCUT2D eigenvalue weighted by Crippen LogP contribution is 2.34. The van der Waals surface area contributed by atoms with Crippen molar-refractivity contribution in [3.05, 3.63) is 46.7 Å². The first-order valence-corrected chi connectivity index (χ1v) is 5.89. The normalized spacial score (nSPS) is 18.8. The van der Waals surface area contributed by atoms with Crippen molar-refractivity contribution >= 4 is 17.0 Å². The molecule has 0 aliphatic carbocycles. The summed E-state index contributed by atoms with van der Waals surface area (Å²) in [5.41, 5.74) is 2.34. The first-order chi connectivity index (χ1) is 7.43. The summed E-state index contributed by atoms with van der Waals surface area (Å²) in [6, 6.07) is 10.2. The lowest BCUT2D eigenvalue weighted by Crippen LogP contribution is -2.22. The fourth-order valence-corrected chi connectivity index (χ4v) is 2.46. The highest BCUT2D eigenvalue weighted by molar-refractivity contribution is 7.07. The molecule has 0 amide bonds. The Balaban J connectivity index is 1.89. The van der Waals surface area contributed by atoms with Gasteiger partial charge in [0.15, 0.2) is 0 Å². The maximum absolute atomic E-state index is 5.92. The van der Waals surface area contributed by atoms with Gasteiger partial charge in [0.1, 0.15) is 11.9 Å². The second-order valence-electron chi connectivity index (χ2n) is 3.54. The quantitative estimate of drug-likeness (QED) is 0.791. The molecule has 0 saturated heterocycles. The van der Waals surface area contributed by atoms with Crippen molar-refractivity contribution in [3.8, 4) is 5.75 Å². The number of ether oxygens (including phenoxy) is 1. The number of hydrogen-bond donors (Lipinski definition) is 1. The van der Waals surface area contributed by atoms with Crippen molar-refractivity contribution in [2.75, 3.05) is 11.9 Å². The largest absolute Gasteiger partial charge is 0.482 e. The second-order valence-corrected chi connectivity index (χ2v) is 4.32. The Morgan fingerprint density at radius 2 is 2.20 bits per heavy atom. The zero-order valence-electron chi connectivity index (χ0n) is 8.14. The van der Waals surface area contributed by atoms with Crippen molar-refractivity contribution in [1.29, 1.82) is 0 Å². The average molecular weight is 217 g/mol. The number of para-hydroxylation sites is 2. The van der Waals surface area contributed by atoms with Crippen molar-refractivity contribution in [1.82, 2.24) is 0 Å². The third kappa shape index (κ3) is 1.59. The molecular formula is C12H11NOS. The minimum atomic E-state index is 0.145. The average Bonchev–Trinajstić information content (AvgIpc) is 2.82. The molecule has 0 spiro atoms. The van der Waals surface area contributed by atoms with Gasteiger partial charge in [-0.25, -0.2) is 0 Å². The van der Waals surface area contributed by atoms with Crippen LogP contribution in [-0.2, 0) is 0 Å². The number of nitrogens with one attached hydrogen (secondary N) is 1. The monoisotopic (exact) mass is 217 g/mol. The van der Waals surface area contributed by atoms with E-state index < -0.39 is 0 Å². The first-order valence-electron chi connectivity index (χ1n) is 4.95. The van der Waals surface area contributed by atoms with Crippen LogP contribution in [0.15, 0.2) is 41.1 Å². The molecule has 1 aromatic carbocycles. The Bertz CT molecular complexity index is 452. The van der Waals surface area contributed by atoms with E-state index in [2.05, 4.69) is 22.1 Å². The summed E-state index contributed by atoms with van der Waals surface area (Å²) in [5.74, 6) is 0.944. The number of anilines is 1. The van der Waals surface area contributed by atoms with Crippen LogP contribution < -0.4 is 10.1 Å². The van der Waals surface area contributed by atoms with Gasteiger partial charge >= 0.3 is 0 Å². The second kappa shape index (κ2) is 3.59. The molecule has 1 unspecified atom stereocenters. The van der Waals surface area contributed by atoms with Crippen LogP contribution in [0.3, 0.4) is 0 Å². The molecule has 3 rings (SSSR count). The van der Waals surface area contributed by atoms with E-state index in [9.17, 15) is 0 Å². The van der Waals surface area contributed by atoms with Crippen LogP contribution in [0, 0.1) is 0 Å². The van der Waals surface area contributed by atoms with Crippen LogP contribution >= 0.6 is 11.3 Å². The first kappa shape index (κ1) is 8.80. The zero-order valence-corrected chi connectivity index (χ0v) is 8.96.